The Labute approximate surface area is 165 Å². The van der Waals surface area contributed by atoms with Crippen molar-refractivity contribution in [2.45, 2.75) is 12.0 Å². The van der Waals surface area contributed by atoms with Gasteiger partial charge in [0.2, 0.25) is 0 Å². The number of hydrogen-bond donors (Lipinski definition) is 2. The van der Waals surface area contributed by atoms with Crippen LogP contribution in [0.1, 0.15) is 5.56 Å². The molecular formula is C17H14BrF3N6O. The van der Waals surface area contributed by atoms with E-state index in [0.29, 0.717) is 21.8 Å². The third-order valence-corrected chi connectivity index (χ3v) is 4.94. The molecule has 7 nitrogen and oxygen atoms in total. The number of ether oxygens (including phenoxy) is 1. The molecule has 3 aromatic rings. The molecule has 11 heteroatoms. The van der Waals surface area contributed by atoms with Gasteiger partial charge in [-0.1, -0.05) is 0 Å². The van der Waals surface area contributed by atoms with Crippen molar-refractivity contribution in [3.8, 4) is 0 Å². The van der Waals surface area contributed by atoms with Gasteiger partial charge in [-0.3, -0.25) is 9.39 Å². The third kappa shape index (κ3) is 3.10. The van der Waals surface area contributed by atoms with Gasteiger partial charge in [-0.25, -0.2) is 23.1 Å². The van der Waals surface area contributed by atoms with E-state index in [9.17, 15) is 13.2 Å². The number of nitrogens with two attached hydrogens (primary N) is 1. The van der Waals surface area contributed by atoms with Crippen LogP contribution in [0.25, 0.3) is 5.65 Å². The minimum Gasteiger partial charge on any atom is -0.385 e. The van der Waals surface area contributed by atoms with Crippen molar-refractivity contribution < 1.29 is 17.9 Å². The zero-order valence-electron chi connectivity index (χ0n) is 14.2. The molecule has 0 radical (unpaired) electrons. The Morgan fingerprint density at radius 3 is 2.89 bits per heavy atom. The molecule has 1 aromatic carbocycles. The van der Waals surface area contributed by atoms with Crippen molar-refractivity contribution >= 4 is 38.9 Å². The molecule has 4 rings (SSSR count). The van der Waals surface area contributed by atoms with Crippen molar-refractivity contribution in [3.05, 3.63) is 52.8 Å². The predicted molar refractivity (Wildman–Crippen MR) is 100 cm³/mol. The molecule has 0 fully saturated rings. The molecule has 0 saturated carbocycles. The fourth-order valence-corrected chi connectivity index (χ4v) is 3.44. The summed E-state index contributed by atoms with van der Waals surface area (Å²) in [6.07, 6.45) is 1.84. The van der Waals surface area contributed by atoms with Crippen LogP contribution in [0.2, 0.25) is 0 Å². The molecular weight excluding hydrogens is 441 g/mol. The van der Waals surface area contributed by atoms with Gasteiger partial charge in [-0.15, -0.1) is 0 Å². The van der Waals surface area contributed by atoms with Crippen molar-refractivity contribution in [2.75, 3.05) is 18.5 Å². The van der Waals surface area contributed by atoms with Crippen LogP contribution >= 0.6 is 15.9 Å². The molecule has 0 amide bonds. The SMILES string of the molecule is NC1=NC(c2cc(Nc3nccn4c(Br)cnc34)ccc2F)(C(F)F)COC1. The summed E-state index contributed by atoms with van der Waals surface area (Å²) in [6, 6.07) is 3.76. The predicted octanol–water partition coefficient (Wildman–Crippen LogP) is 3.22. The minimum absolute atomic E-state index is 0.0747. The van der Waals surface area contributed by atoms with Gasteiger partial charge in [0.05, 0.1) is 12.8 Å². The molecule has 3 N–H and O–H groups in total. The number of halogens is 4. The number of nitrogens with one attached hydrogen (secondary N) is 1. The number of amidine groups is 1. The van der Waals surface area contributed by atoms with Crippen LogP contribution in [0.3, 0.4) is 0 Å². The first-order chi connectivity index (χ1) is 13.4. The highest BCUT2D eigenvalue weighted by molar-refractivity contribution is 9.10. The van der Waals surface area contributed by atoms with E-state index < -0.39 is 24.4 Å². The van der Waals surface area contributed by atoms with Gasteiger partial charge < -0.3 is 15.8 Å². The number of rotatable bonds is 4. The number of benzene rings is 1. The van der Waals surface area contributed by atoms with Crippen LogP contribution in [-0.4, -0.2) is 39.8 Å². The summed E-state index contributed by atoms with van der Waals surface area (Å²) >= 11 is 3.36. The molecule has 3 heterocycles. The smallest absolute Gasteiger partial charge is 0.269 e. The fraction of sp³-hybridized carbons (Fsp3) is 0.235. The first kappa shape index (κ1) is 18.7. The van der Waals surface area contributed by atoms with Crippen molar-refractivity contribution in [2.24, 2.45) is 10.7 Å². The number of aromatic nitrogens is 3. The van der Waals surface area contributed by atoms with E-state index in [1.165, 1.54) is 12.1 Å². The Morgan fingerprint density at radius 1 is 1.32 bits per heavy atom. The van der Waals surface area contributed by atoms with Gasteiger partial charge in [0.1, 0.15) is 22.9 Å². The molecule has 0 saturated heterocycles. The third-order valence-electron chi connectivity index (χ3n) is 4.35. The highest BCUT2D eigenvalue weighted by atomic mass is 79.9. The normalized spacial score (nSPS) is 19.8. The van der Waals surface area contributed by atoms with Gasteiger partial charge in [0.25, 0.3) is 6.43 Å². The van der Waals surface area contributed by atoms with E-state index in [1.54, 1.807) is 23.0 Å². The fourth-order valence-electron chi connectivity index (χ4n) is 3.05. The molecule has 1 unspecified atom stereocenters. The molecule has 146 valence electrons. The summed E-state index contributed by atoms with van der Waals surface area (Å²) in [5, 5.41) is 2.99. The topological polar surface area (TPSA) is 89.8 Å². The van der Waals surface area contributed by atoms with E-state index in [0.717, 1.165) is 6.07 Å². The molecule has 1 aliphatic heterocycles. The number of imidazole rings is 1. The van der Waals surface area contributed by atoms with Crippen LogP contribution in [0.5, 0.6) is 0 Å². The maximum atomic E-state index is 14.5. The lowest BCUT2D eigenvalue weighted by molar-refractivity contribution is -0.0145. The average Bonchev–Trinajstić information content (AvgIpc) is 3.05. The van der Waals surface area contributed by atoms with E-state index in [-0.39, 0.29) is 18.0 Å². The Kier molecular flexibility index (Phi) is 4.71. The zero-order chi connectivity index (χ0) is 19.9. The molecule has 1 aliphatic rings. The standard InChI is InChI=1S/C17H14BrF3N6O/c18-12-6-24-15-14(23-3-4-27(12)15)25-9-1-2-11(19)10(5-9)17(16(20)21)8-28-7-13(22)26-17/h1-6,16H,7-8H2,(H2,22,26)(H,23,25). The Hall–Kier alpha value is -2.66. The second-order valence-electron chi connectivity index (χ2n) is 6.19. The lowest BCUT2D eigenvalue weighted by Crippen LogP contribution is -2.45. The average molecular weight is 455 g/mol. The number of alkyl halides is 2. The highest BCUT2D eigenvalue weighted by Crippen LogP contribution is 2.38. The summed E-state index contributed by atoms with van der Waals surface area (Å²) in [6.45, 7) is -0.554. The van der Waals surface area contributed by atoms with Gasteiger partial charge in [-0.05, 0) is 34.1 Å². The molecule has 28 heavy (non-hydrogen) atoms. The maximum absolute atomic E-state index is 14.5. The zero-order valence-corrected chi connectivity index (χ0v) is 15.8. The monoisotopic (exact) mass is 454 g/mol. The van der Waals surface area contributed by atoms with E-state index in [1.807, 2.05) is 0 Å². The summed E-state index contributed by atoms with van der Waals surface area (Å²) in [5.41, 5.74) is 3.92. The maximum Gasteiger partial charge on any atom is 0.269 e. The number of aliphatic imine (C=N–C) groups is 1. The second-order valence-corrected chi connectivity index (χ2v) is 7.00. The number of anilines is 2. The largest absolute Gasteiger partial charge is 0.385 e. The minimum atomic E-state index is -3.01. The van der Waals surface area contributed by atoms with Gasteiger partial charge in [-0.2, -0.15) is 0 Å². The van der Waals surface area contributed by atoms with E-state index >= 15 is 0 Å². The van der Waals surface area contributed by atoms with Crippen LogP contribution < -0.4 is 11.1 Å². The number of nitrogens with zero attached hydrogens (tertiary/aromatic N) is 4. The second kappa shape index (κ2) is 7.06. The Bertz CT molecular complexity index is 1070. The van der Waals surface area contributed by atoms with Crippen LogP contribution in [0.4, 0.5) is 24.7 Å². The first-order valence-corrected chi connectivity index (χ1v) is 8.95. The van der Waals surface area contributed by atoms with Gasteiger partial charge in [0, 0.05) is 23.6 Å². The Morgan fingerprint density at radius 2 is 2.14 bits per heavy atom. The van der Waals surface area contributed by atoms with Crippen molar-refractivity contribution in [1.82, 2.24) is 14.4 Å². The van der Waals surface area contributed by atoms with Gasteiger partial charge in [0.15, 0.2) is 17.0 Å². The van der Waals surface area contributed by atoms with E-state index in [4.69, 9.17) is 10.5 Å². The molecule has 1 atom stereocenters. The number of hydrogen-bond acceptors (Lipinski definition) is 6. The number of fused-ring (bicyclic) bond motifs is 1. The van der Waals surface area contributed by atoms with Crippen LogP contribution in [0, 0.1) is 5.82 Å². The van der Waals surface area contributed by atoms with Crippen LogP contribution in [0.15, 0.2) is 46.4 Å². The van der Waals surface area contributed by atoms with Crippen LogP contribution in [-0.2, 0) is 10.3 Å². The summed E-state index contributed by atoms with van der Waals surface area (Å²) in [5.74, 6) is -0.569. The lowest BCUT2D eigenvalue weighted by atomic mass is 9.90. The Balaban J connectivity index is 1.78. The molecule has 2 aromatic heterocycles. The highest BCUT2D eigenvalue weighted by Gasteiger charge is 2.46. The van der Waals surface area contributed by atoms with Crippen molar-refractivity contribution in [1.29, 1.82) is 0 Å². The van der Waals surface area contributed by atoms with Crippen molar-refractivity contribution in [3.63, 3.8) is 0 Å². The van der Waals surface area contributed by atoms with E-state index in [2.05, 4.69) is 36.2 Å². The van der Waals surface area contributed by atoms with Gasteiger partial charge >= 0.3 is 0 Å². The molecule has 0 spiro atoms. The summed E-state index contributed by atoms with van der Waals surface area (Å²) < 4.78 is 49.9. The summed E-state index contributed by atoms with van der Waals surface area (Å²) in [4.78, 5) is 12.3. The lowest BCUT2D eigenvalue weighted by Gasteiger charge is -2.33. The summed E-state index contributed by atoms with van der Waals surface area (Å²) in [7, 11) is 0. The quantitative estimate of drug-likeness (QED) is 0.631. The molecule has 0 bridgehead atoms. The molecule has 0 aliphatic carbocycles. The first-order valence-electron chi connectivity index (χ1n) is 8.15.